The molecule has 130 valence electrons. The minimum Gasteiger partial charge on any atom is -0.354 e. The first-order valence-corrected chi connectivity index (χ1v) is 8.02. The molecule has 0 fully saturated rings. The van der Waals surface area contributed by atoms with Crippen molar-refractivity contribution < 1.29 is 4.39 Å². The van der Waals surface area contributed by atoms with Crippen molar-refractivity contribution in [3.8, 4) is 0 Å². The van der Waals surface area contributed by atoms with Gasteiger partial charge in [-0.05, 0) is 51.3 Å². The Morgan fingerprint density at radius 3 is 2.56 bits per heavy atom. The summed E-state index contributed by atoms with van der Waals surface area (Å²) < 4.78 is 13.1. The van der Waals surface area contributed by atoms with Gasteiger partial charge in [0.05, 0.1) is 0 Å². The zero-order valence-electron chi connectivity index (χ0n) is 14.2. The summed E-state index contributed by atoms with van der Waals surface area (Å²) in [7, 11) is 4.07. The van der Waals surface area contributed by atoms with Gasteiger partial charge < -0.3 is 15.5 Å². The molecule has 3 rings (SSSR count). The summed E-state index contributed by atoms with van der Waals surface area (Å²) in [6.07, 6.45) is 4.15. The first-order chi connectivity index (χ1) is 12.1. The molecule has 0 atom stereocenters. The highest BCUT2D eigenvalue weighted by molar-refractivity contribution is 5.85. The van der Waals surface area contributed by atoms with Crippen LogP contribution in [0.4, 0.5) is 21.8 Å². The predicted molar refractivity (Wildman–Crippen MR) is 96.5 cm³/mol. The van der Waals surface area contributed by atoms with Gasteiger partial charge in [0, 0.05) is 24.6 Å². The Bertz CT molecular complexity index is 836. The predicted octanol–water partition coefficient (Wildman–Crippen LogP) is 2.67. The van der Waals surface area contributed by atoms with Crippen molar-refractivity contribution in [2.45, 2.75) is 6.42 Å². The molecule has 0 saturated heterocycles. The zero-order chi connectivity index (χ0) is 17.6. The third-order valence-corrected chi connectivity index (χ3v) is 3.50. The summed E-state index contributed by atoms with van der Waals surface area (Å²) in [5.41, 5.74) is 1.77. The number of aromatic nitrogens is 4. The van der Waals surface area contributed by atoms with Crippen LogP contribution in [0.2, 0.25) is 0 Å². The SMILES string of the molecule is CN(C)CCCNc1nc(Nc2ccc(F)cc2)c2nccnc2n1. The molecule has 2 heterocycles. The lowest BCUT2D eigenvalue weighted by Crippen LogP contribution is -2.17. The van der Waals surface area contributed by atoms with E-state index in [0.717, 1.165) is 19.5 Å². The lowest BCUT2D eigenvalue weighted by Gasteiger charge is -2.12. The second-order valence-electron chi connectivity index (χ2n) is 5.84. The van der Waals surface area contributed by atoms with E-state index in [-0.39, 0.29) is 5.82 Å². The number of hydrogen-bond acceptors (Lipinski definition) is 7. The van der Waals surface area contributed by atoms with Gasteiger partial charge in [-0.2, -0.15) is 9.97 Å². The van der Waals surface area contributed by atoms with Crippen LogP contribution in [0.5, 0.6) is 0 Å². The van der Waals surface area contributed by atoms with Gasteiger partial charge in [-0.25, -0.2) is 14.4 Å². The van der Waals surface area contributed by atoms with Gasteiger partial charge in [-0.1, -0.05) is 0 Å². The molecule has 2 N–H and O–H groups in total. The number of rotatable bonds is 7. The summed E-state index contributed by atoms with van der Waals surface area (Å²) in [5, 5.41) is 6.37. The molecule has 0 unspecified atom stereocenters. The zero-order valence-corrected chi connectivity index (χ0v) is 14.2. The van der Waals surface area contributed by atoms with Gasteiger partial charge in [0.2, 0.25) is 5.95 Å². The maximum Gasteiger partial charge on any atom is 0.226 e. The van der Waals surface area contributed by atoms with Crippen LogP contribution in [0.1, 0.15) is 6.42 Å². The van der Waals surface area contributed by atoms with Crippen LogP contribution < -0.4 is 10.6 Å². The molecule has 0 aliphatic carbocycles. The molecule has 1 aromatic carbocycles. The molecule has 0 saturated carbocycles. The number of halogens is 1. The minimum atomic E-state index is -0.291. The molecule has 0 aliphatic heterocycles. The smallest absolute Gasteiger partial charge is 0.226 e. The maximum absolute atomic E-state index is 13.1. The Morgan fingerprint density at radius 1 is 1.04 bits per heavy atom. The number of nitrogens with zero attached hydrogens (tertiary/aromatic N) is 5. The Labute approximate surface area is 145 Å². The average Bonchev–Trinajstić information content (AvgIpc) is 2.60. The van der Waals surface area contributed by atoms with Crippen molar-refractivity contribution in [2.75, 3.05) is 37.8 Å². The molecule has 8 heteroatoms. The largest absolute Gasteiger partial charge is 0.354 e. The fourth-order valence-electron chi connectivity index (χ4n) is 2.30. The first-order valence-electron chi connectivity index (χ1n) is 8.02. The molecule has 0 aliphatic rings. The third kappa shape index (κ3) is 4.57. The van der Waals surface area contributed by atoms with E-state index in [1.54, 1.807) is 24.5 Å². The van der Waals surface area contributed by atoms with Crippen molar-refractivity contribution in [1.29, 1.82) is 0 Å². The van der Waals surface area contributed by atoms with Gasteiger partial charge in [-0.15, -0.1) is 0 Å². The highest BCUT2D eigenvalue weighted by atomic mass is 19.1. The van der Waals surface area contributed by atoms with E-state index in [4.69, 9.17) is 0 Å². The van der Waals surface area contributed by atoms with Crippen LogP contribution in [-0.4, -0.2) is 52.0 Å². The first kappa shape index (κ1) is 17.0. The van der Waals surface area contributed by atoms with Crippen LogP contribution in [-0.2, 0) is 0 Å². The molecule has 25 heavy (non-hydrogen) atoms. The molecule has 0 bridgehead atoms. The number of benzene rings is 1. The summed E-state index contributed by atoms with van der Waals surface area (Å²) in [6, 6.07) is 6.06. The van der Waals surface area contributed by atoms with E-state index in [0.29, 0.717) is 28.6 Å². The lowest BCUT2D eigenvalue weighted by molar-refractivity contribution is 0.405. The fourth-order valence-corrected chi connectivity index (χ4v) is 2.30. The molecule has 0 amide bonds. The van der Waals surface area contributed by atoms with Gasteiger partial charge in [0.1, 0.15) is 5.82 Å². The number of hydrogen-bond donors (Lipinski definition) is 2. The van der Waals surface area contributed by atoms with Crippen LogP contribution in [0.3, 0.4) is 0 Å². The van der Waals surface area contributed by atoms with E-state index in [1.165, 1.54) is 12.1 Å². The summed E-state index contributed by atoms with van der Waals surface area (Å²) >= 11 is 0. The van der Waals surface area contributed by atoms with Crippen LogP contribution in [0, 0.1) is 5.82 Å². The van der Waals surface area contributed by atoms with Crippen molar-refractivity contribution >= 4 is 28.6 Å². The monoisotopic (exact) mass is 341 g/mol. The molecule has 0 radical (unpaired) electrons. The molecular weight excluding hydrogens is 321 g/mol. The van der Waals surface area contributed by atoms with E-state index in [2.05, 4.69) is 35.5 Å². The van der Waals surface area contributed by atoms with Gasteiger partial charge >= 0.3 is 0 Å². The van der Waals surface area contributed by atoms with Crippen LogP contribution >= 0.6 is 0 Å². The van der Waals surface area contributed by atoms with Gasteiger partial charge in [0.25, 0.3) is 0 Å². The average molecular weight is 341 g/mol. The summed E-state index contributed by atoms with van der Waals surface area (Å²) in [6.45, 7) is 1.72. The molecular formula is C17H20FN7. The van der Waals surface area contributed by atoms with E-state index in [9.17, 15) is 4.39 Å². The quantitative estimate of drug-likeness (QED) is 0.640. The van der Waals surface area contributed by atoms with Crippen LogP contribution in [0.15, 0.2) is 36.7 Å². The van der Waals surface area contributed by atoms with Gasteiger partial charge in [-0.3, -0.25) is 0 Å². The Hall–Kier alpha value is -2.87. The van der Waals surface area contributed by atoms with E-state index < -0.39 is 0 Å². The van der Waals surface area contributed by atoms with E-state index >= 15 is 0 Å². The third-order valence-electron chi connectivity index (χ3n) is 3.50. The molecule has 2 aromatic heterocycles. The fraction of sp³-hybridized carbons (Fsp3) is 0.294. The van der Waals surface area contributed by atoms with E-state index in [1.807, 2.05) is 14.1 Å². The maximum atomic E-state index is 13.1. The molecule has 7 nitrogen and oxygen atoms in total. The van der Waals surface area contributed by atoms with Crippen molar-refractivity contribution in [1.82, 2.24) is 24.8 Å². The number of anilines is 3. The lowest BCUT2D eigenvalue weighted by atomic mass is 10.3. The summed E-state index contributed by atoms with van der Waals surface area (Å²) in [4.78, 5) is 19.6. The van der Waals surface area contributed by atoms with Crippen LogP contribution in [0.25, 0.3) is 11.2 Å². The highest BCUT2D eigenvalue weighted by Crippen LogP contribution is 2.22. The second-order valence-corrected chi connectivity index (χ2v) is 5.84. The molecule has 0 spiro atoms. The topological polar surface area (TPSA) is 78.9 Å². The second kappa shape index (κ2) is 7.80. The van der Waals surface area contributed by atoms with Crippen molar-refractivity contribution in [3.05, 3.63) is 42.5 Å². The Morgan fingerprint density at radius 2 is 1.80 bits per heavy atom. The Balaban J connectivity index is 1.83. The number of nitrogens with one attached hydrogen (secondary N) is 2. The molecule has 3 aromatic rings. The van der Waals surface area contributed by atoms with Gasteiger partial charge in [0.15, 0.2) is 17.0 Å². The number of fused-ring (bicyclic) bond motifs is 1. The Kier molecular flexibility index (Phi) is 5.30. The standard InChI is InChI=1S/C17H20FN7/c1-25(2)11-3-8-21-17-23-15-14(19-9-10-20-15)16(24-17)22-13-6-4-12(18)5-7-13/h4-7,9-10H,3,8,11H2,1-2H3,(H2,20,21,22,23,24). The van der Waals surface area contributed by atoms with Crippen molar-refractivity contribution in [2.24, 2.45) is 0 Å². The normalized spacial score (nSPS) is 11.0. The summed E-state index contributed by atoms with van der Waals surface area (Å²) in [5.74, 6) is 0.720. The minimum absolute atomic E-state index is 0.291. The highest BCUT2D eigenvalue weighted by Gasteiger charge is 2.10. The van der Waals surface area contributed by atoms with Crippen molar-refractivity contribution in [3.63, 3.8) is 0 Å².